The summed E-state index contributed by atoms with van der Waals surface area (Å²) >= 11 is 3.78. The van der Waals surface area contributed by atoms with Crippen molar-refractivity contribution in [1.29, 1.82) is 0 Å². The van der Waals surface area contributed by atoms with Gasteiger partial charge in [-0.25, -0.2) is 0 Å². The van der Waals surface area contributed by atoms with Crippen LogP contribution in [-0.2, 0) is 0 Å². The van der Waals surface area contributed by atoms with Gasteiger partial charge in [-0.1, -0.05) is 133 Å². The van der Waals surface area contributed by atoms with E-state index >= 15 is 0 Å². The fraction of sp³-hybridized carbons (Fsp3) is 0. The zero-order valence-electron chi connectivity index (χ0n) is 27.7. The number of thiophene rings is 2. The van der Waals surface area contributed by atoms with Crippen LogP contribution < -0.4 is 4.90 Å². The highest BCUT2D eigenvalue weighted by Gasteiger charge is 2.21. The fourth-order valence-corrected chi connectivity index (χ4v) is 9.94. The van der Waals surface area contributed by atoms with E-state index < -0.39 is 0 Å². The molecule has 0 fully saturated rings. The van der Waals surface area contributed by atoms with Crippen molar-refractivity contribution in [3.05, 3.63) is 199 Å². The van der Waals surface area contributed by atoms with Crippen molar-refractivity contribution in [2.75, 3.05) is 4.90 Å². The summed E-state index contributed by atoms with van der Waals surface area (Å²) in [5, 5.41) is 7.70. The zero-order chi connectivity index (χ0) is 33.7. The van der Waals surface area contributed by atoms with Crippen LogP contribution in [-0.4, -0.2) is 0 Å². The Labute approximate surface area is 304 Å². The van der Waals surface area contributed by atoms with Gasteiger partial charge < -0.3 is 4.90 Å². The SMILES string of the molecule is C(=C(\c1ccc2sc3ccccc3c2c1)c1cccc2c1sc1c3ccccc3c(N(c3ccccc3)c3ccccc3)cc21)/c1ccccc1. The summed E-state index contributed by atoms with van der Waals surface area (Å²) in [4.78, 5) is 2.40. The molecular formula is C48H31NS2. The standard InChI is InChI=1S/C48H31NS2/c1-4-15-32(16-5-1)29-41(33-27-28-46-42(30-33)37-22-12-13-26-45(37)50-46)39-24-14-25-40-43-31-44(36-21-10-11-23-38(36)48(43)51-47(39)40)49(34-17-6-2-7-18-34)35-19-8-3-9-20-35/h1-31H/b41-29-. The van der Waals surface area contributed by atoms with Crippen molar-refractivity contribution >= 4 is 103 Å². The van der Waals surface area contributed by atoms with Gasteiger partial charge in [0.1, 0.15) is 0 Å². The molecule has 2 aromatic heterocycles. The molecule has 0 atom stereocenters. The molecule has 0 N–H and O–H groups in total. The number of anilines is 3. The Morgan fingerprint density at radius 1 is 0.412 bits per heavy atom. The molecule has 0 amide bonds. The Morgan fingerprint density at radius 3 is 1.75 bits per heavy atom. The monoisotopic (exact) mass is 685 g/mol. The van der Waals surface area contributed by atoms with Crippen LogP contribution in [0.2, 0.25) is 0 Å². The highest BCUT2D eigenvalue weighted by molar-refractivity contribution is 7.27. The molecule has 10 rings (SSSR count). The lowest BCUT2D eigenvalue weighted by Crippen LogP contribution is -2.10. The second-order valence-electron chi connectivity index (χ2n) is 12.9. The van der Waals surface area contributed by atoms with E-state index in [-0.39, 0.29) is 0 Å². The zero-order valence-corrected chi connectivity index (χ0v) is 29.3. The second kappa shape index (κ2) is 12.4. The molecule has 0 aliphatic carbocycles. The van der Waals surface area contributed by atoms with Crippen molar-refractivity contribution in [2.24, 2.45) is 0 Å². The predicted octanol–water partition coefficient (Wildman–Crippen LogP) is 14.6. The lowest BCUT2D eigenvalue weighted by Gasteiger charge is -2.27. The first-order chi connectivity index (χ1) is 25.3. The molecule has 1 nitrogen and oxygen atoms in total. The number of hydrogen-bond donors (Lipinski definition) is 0. The number of fused-ring (bicyclic) bond motifs is 8. The summed E-state index contributed by atoms with van der Waals surface area (Å²) in [6.07, 6.45) is 2.37. The highest BCUT2D eigenvalue weighted by atomic mass is 32.1. The Kier molecular flexibility index (Phi) is 7.26. The van der Waals surface area contributed by atoms with Gasteiger partial charge in [0.15, 0.2) is 0 Å². The predicted molar refractivity (Wildman–Crippen MR) is 224 cm³/mol. The van der Waals surface area contributed by atoms with Crippen LogP contribution in [0.4, 0.5) is 17.1 Å². The first-order valence-electron chi connectivity index (χ1n) is 17.3. The quantitative estimate of drug-likeness (QED) is 0.158. The van der Waals surface area contributed by atoms with Crippen molar-refractivity contribution < 1.29 is 0 Å². The molecule has 8 aromatic carbocycles. The molecule has 0 bridgehead atoms. The van der Waals surface area contributed by atoms with Crippen LogP contribution >= 0.6 is 22.7 Å². The van der Waals surface area contributed by atoms with Crippen molar-refractivity contribution in [3.63, 3.8) is 0 Å². The Balaban J connectivity index is 1.25. The maximum absolute atomic E-state index is 2.42. The third-order valence-corrected chi connectivity index (χ3v) is 12.3. The molecule has 0 spiro atoms. The lowest BCUT2D eigenvalue weighted by molar-refractivity contribution is 1.30. The van der Waals surface area contributed by atoms with Gasteiger partial charge in [0.2, 0.25) is 0 Å². The minimum Gasteiger partial charge on any atom is -0.310 e. The number of benzene rings is 8. The second-order valence-corrected chi connectivity index (χ2v) is 15.0. The van der Waals surface area contributed by atoms with E-state index in [1.54, 1.807) is 0 Å². The van der Waals surface area contributed by atoms with Crippen LogP contribution in [0.3, 0.4) is 0 Å². The third kappa shape index (κ3) is 5.13. The van der Waals surface area contributed by atoms with Crippen molar-refractivity contribution in [2.45, 2.75) is 0 Å². The molecule has 10 aromatic rings. The number of rotatable bonds is 6. The van der Waals surface area contributed by atoms with Crippen LogP contribution in [0.15, 0.2) is 182 Å². The summed E-state index contributed by atoms with van der Waals surface area (Å²) in [7, 11) is 0. The molecule has 3 heteroatoms. The van der Waals surface area contributed by atoms with E-state index in [0.717, 1.165) is 11.4 Å². The van der Waals surface area contributed by atoms with E-state index in [0.29, 0.717) is 0 Å². The molecule has 51 heavy (non-hydrogen) atoms. The molecule has 2 heterocycles. The van der Waals surface area contributed by atoms with E-state index in [4.69, 9.17) is 0 Å². The maximum atomic E-state index is 2.42. The van der Waals surface area contributed by atoms with Gasteiger partial charge in [-0.15, -0.1) is 22.7 Å². The van der Waals surface area contributed by atoms with Gasteiger partial charge in [-0.2, -0.15) is 0 Å². The molecule has 0 saturated heterocycles. The van der Waals surface area contributed by atoms with Gasteiger partial charge in [-0.3, -0.25) is 0 Å². The Morgan fingerprint density at radius 2 is 1.00 bits per heavy atom. The average Bonchev–Trinajstić information content (AvgIpc) is 3.77. The minimum absolute atomic E-state index is 1.14. The third-order valence-electron chi connectivity index (χ3n) is 9.84. The van der Waals surface area contributed by atoms with Crippen LogP contribution in [0.25, 0.3) is 62.8 Å². The topological polar surface area (TPSA) is 3.24 Å². The average molecular weight is 686 g/mol. The summed E-state index contributed by atoms with van der Waals surface area (Å²) in [5.74, 6) is 0. The van der Waals surface area contributed by atoms with Crippen LogP contribution in [0, 0.1) is 0 Å². The molecule has 240 valence electrons. The van der Waals surface area contributed by atoms with Crippen molar-refractivity contribution in [3.8, 4) is 0 Å². The fourth-order valence-electron chi connectivity index (χ4n) is 7.51. The van der Waals surface area contributed by atoms with E-state index in [1.807, 2.05) is 22.7 Å². The molecule has 0 radical (unpaired) electrons. The summed E-state index contributed by atoms with van der Waals surface area (Å²) in [6, 6.07) is 66.1. The van der Waals surface area contributed by atoms with Crippen LogP contribution in [0.5, 0.6) is 0 Å². The van der Waals surface area contributed by atoms with Gasteiger partial charge >= 0.3 is 0 Å². The highest BCUT2D eigenvalue weighted by Crippen LogP contribution is 2.48. The molecule has 0 aliphatic rings. The molecule has 0 saturated carbocycles. The molecule has 0 unspecified atom stereocenters. The van der Waals surface area contributed by atoms with Gasteiger partial charge in [0.25, 0.3) is 0 Å². The van der Waals surface area contributed by atoms with Gasteiger partial charge in [0, 0.05) is 68.1 Å². The van der Waals surface area contributed by atoms with Crippen molar-refractivity contribution in [1.82, 2.24) is 0 Å². The van der Waals surface area contributed by atoms with Gasteiger partial charge in [0.05, 0.1) is 5.69 Å². The normalized spacial score (nSPS) is 12.0. The Hall–Kier alpha value is -6.00. The molecular weight excluding hydrogens is 655 g/mol. The van der Waals surface area contributed by atoms with E-state index in [2.05, 4.69) is 193 Å². The molecule has 0 aliphatic heterocycles. The lowest BCUT2D eigenvalue weighted by atomic mass is 9.93. The smallest absolute Gasteiger partial charge is 0.0547 e. The largest absolute Gasteiger partial charge is 0.310 e. The Bertz CT molecular complexity index is 2860. The minimum atomic E-state index is 1.14. The van der Waals surface area contributed by atoms with Gasteiger partial charge in [-0.05, 0) is 71.3 Å². The summed E-state index contributed by atoms with van der Waals surface area (Å²) in [6.45, 7) is 0. The maximum Gasteiger partial charge on any atom is 0.0547 e. The number of para-hydroxylation sites is 2. The first kappa shape index (κ1) is 29.9. The first-order valence-corrected chi connectivity index (χ1v) is 18.9. The summed E-state index contributed by atoms with van der Waals surface area (Å²) in [5.41, 5.74) is 8.35. The number of nitrogens with zero attached hydrogens (tertiary/aromatic N) is 1. The summed E-state index contributed by atoms with van der Waals surface area (Å²) < 4.78 is 5.27. The van der Waals surface area contributed by atoms with E-state index in [9.17, 15) is 0 Å². The van der Waals surface area contributed by atoms with Crippen LogP contribution in [0.1, 0.15) is 16.7 Å². The number of hydrogen-bond acceptors (Lipinski definition) is 3. The van der Waals surface area contributed by atoms with E-state index in [1.165, 1.54) is 79.1 Å².